The maximum Gasteiger partial charge on any atom is 0.122 e. The van der Waals surface area contributed by atoms with E-state index in [2.05, 4.69) is 12.0 Å². The number of rotatable bonds is 4. The highest BCUT2D eigenvalue weighted by Gasteiger charge is 2.12. The number of furan rings is 1. The molecule has 3 nitrogen and oxygen atoms in total. The van der Waals surface area contributed by atoms with E-state index in [1.54, 1.807) is 0 Å². The first kappa shape index (κ1) is 10.0. The third-order valence-electron chi connectivity index (χ3n) is 1.86. The molecule has 0 fully saturated rings. The van der Waals surface area contributed by atoms with Crippen LogP contribution in [0.1, 0.15) is 30.9 Å². The van der Waals surface area contributed by atoms with Gasteiger partial charge in [0, 0.05) is 0 Å². The fourth-order valence-corrected chi connectivity index (χ4v) is 1.23. The molecule has 72 valence electrons. The summed E-state index contributed by atoms with van der Waals surface area (Å²) in [6.45, 7) is 7.72. The van der Waals surface area contributed by atoms with Crippen molar-refractivity contribution in [2.75, 3.05) is 0 Å². The van der Waals surface area contributed by atoms with Crippen LogP contribution >= 0.6 is 0 Å². The highest BCUT2D eigenvalue weighted by molar-refractivity contribution is 5.11. The van der Waals surface area contributed by atoms with Crippen molar-refractivity contribution in [2.45, 2.75) is 26.3 Å². The van der Waals surface area contributed by atoms with Crippen LogP contribution in [0.5, 0.6) is 0 Å². The Kier molecular flexibility index (Phi) is 3.28. The second kappa shape index (κ2) is 4.25. The topological polar surface area (TPSA) is 51.2 Å². The Hall–Kier alpha value is -1.06. The first-order valence-electron chi connectivity index (χ1n) is 4.30. The lowest BCUT2D eigenvalue weighted by Gasteiger charge is -2.12. The van der Waals surface area contributed by atoms with Crippen molar-refractivity contribution >= 4 is 0 Å². The maximum atomic E-state index is 5.45. The Morgan fingerprint density at radius 3 is 2.77 bits per heavy atom. The molecule has 3 heteroatoms. The van der Waals surface area contributed by atoms with Gasteiger partial charge in [-0.3, -0.25) is 5.84 Å². The van der Waals surface area contributed by atoms with E-state index in [0.29, 0.717) is 0 Å². The van der Waals surface area contributed by atoms with Crippen LogP contribution in [0.3, 0.4) is 0 Å². The molecule has 1 aromatic rings. The van der Waals surface area contributed by atoms with Crippen LogP contribution in [0.25, 0.3) is 0 Å². The first-order chi connectivity index (χ1) is 6.13. The van der Waals surface area contributed by atoms with E-state index in [9.17, 15) is 0 Å². The van der Waals surface area contributed by atoms with Gasteiger partial charge in [-0.15, -0.1) is 6.58 Å². The Labute approximate surface area is 78.6 Å². The summed E-state index contributed by atoms with van der Waals surface area (Å²) in [5, 5.41) is 0. The van der Waals surface area contributed by atoms with Gasteiger partial charge >= 0.3 is 0 Å². The molecule has 0 radical (unpaired) electrons. The number of hydrogen-bond donors (Lipinski definition) is 2. The fourth-order valence-electron chi connectivity index (χ4n) is 1.23. The zero-order valence-electron chi connectivity index (χ0n) is 8.13. The van der Waals surface area contributed by atoms with E-state index in [0.717, 1.165) is 23.5 Å². The molecular formula is C10H16N2O. The smallest absolute Gasteiger partial charge is 0.122 e. The molecule has 0 aromatic carbocycles. The normalized spacial score (nSPS) is 12.8. The first-order valence-corrected chi connectivity index (χ1v) is 4.30. The van der Waals surface area contributed by atoms with Crippen molar-refractivity contribution in [3.05, 3.63) is 35.8 Å². The minimum absolute atomic E-state index is 0.0335. The molecule has 1 atom stereocenters. The Bertz CT molecular complexity index is 291. The van der Waals surface area contributed by atoms with E-state index in [4.69, 9.17) is 10.3 Å². The number of nitrogens with two attached hydrogens (primary N) is 1. The van der Waals surface area contributed by atoms with Crippen LogP contribution in [-0.4, -0.2) is 0 Å². The van der Waals surface area contributed by atoms with Gasteiger partial charge in [-0.2, -0.15) is 0 Å². The van der Waals surface area contributed by atoms with Crippen molar-refractivity contribution in [1.82, 2.24) is 5.43 Å². The van der Waals surface area contributed by atoms with Gasteiger partial charge in [0.2, 0.25) is 0 Å². The van der Waals surface area contributed by atoms with Crippen molar-refractivity contribution in [3.63, 3.8) is 0 Å². The summed E-state index contributed by atoms with van der Waals surface area (Å²) in [7, 11) is 0. The molecule has 1 heterocycles. The molecule has 0 amide bonds. The average Bonchev–Trinajstić information content (AvgIpc) is 2.47. The molecular weight excluding hydrogens is 164 g/mol. The van der Waals surface area contributed by atoms with Crippen LogP contribution in [0, 0.1) is 6.92 Å². The Balaban J connectivity index is 2.72. The summed E-state index contributed by atoms with van der Waals surface area (Å²) in [5.41, 5.74) is 3.79. The lowest BCUT2D eigenvalue weighted by molar-refractivity contribution is 0.402. The third kappa shape index (κ3) is 2.72. The van der Waals surface area contributed by atoms with E-state index in [-0.39, 0.29) is 6.04 Å². The standard InChI is InChI=1S/C10H16N2O/c1-7(2)6-9(12-11)10-5-4-8(3)13-10/h4-5,9,12H,1,6,11H2,2-3H3. The monoisotopic (exact) mass is 180 g/mol. The van der Waals surface area contributed by atoms with Crippen LogP contribution in [0.15, 0.2) is 28.7 Å². The van der Waals surface area contributed by atoms with Crippen LogP contribution in [0.2, 0.25) is 0 Å². The van der Waals surface area contributed by atoms with Crippen LogP contribution in [0.4, 0.5) is 0 Å². The van der Waals surface area contributed by atoms with E-state index in [1.807, 2.05) is 26.0 Å². The van der Waals surface area contributed by atoms with E-state index >= 15 is 0 Å². The summed E-state index contributed by atoms with van der Waals surface area (Å²) in [5.74, 6) is 7.18. The molecule has 1 unspecified atom stereocenters. The summed E-state index contributed by atoms with van der Waals surface area (Å²) >= 11 is 0. The number of hydrogen-bond acceptors (Lipinski definition) is 3. The molecule has 0 aliphatic carbocycles. The fraction of sp³-hybridized carbons (Fsp3) is 0.400. The van der Waals surface area contributed by atoms with Crippen LogP contribution in [-0.2, 0) is 0 Å². The van der Waals surface area contributed by atoms with Crippen LogP contribution < -0.4 is 11.3 Å². The van der Waals surface area contributed by atoms with E-state index < -0.39 is 0 Å². The van der Waals surface area contributed by atoms with Gasteiger partial charge in [-0.05, 0) is 32.4 Å². The largest absolute Gasteiger partial charge is 0.465 e. The molecule has 0 aliphatic heterocycles. The number of nitrogens with one attached hydrogen (secondary N) is 1. The molecule has 0 aliphatic rings. The molecule has 0 spiro atoms. The Morgan fingerprint density at radius 1 is 1.69 bits per heavy atom. The van der Waals surface area contributed by atoms with Gasteiger partial charge in [0.25, 0.3) is 0 Å². The Morgan fingerprint density at radius 2 is 2.38 bits per heavy atom. The van der Waals surface area contributed by atoms with Gasteiger partial charge < -0.3 is 4.42 Å². The summed E-state index contributed by atoms with van der Waals surface area (Å²) < 4.78 is 5.45. The SMILES string of the molecule is C=C(C)CC(NN)c1ccc(C)o1. The zero-order valence-corrected chi connectivity index (χ0v) is 8.13. The van der Waals surface area contributed by atoms with Crippen molar-refractivity contribution < 1.29 is 4.42 Å². The predicted octanol–water partition coefficient (Wildman–Crippen LogP) is 2.06. The minimum Gasteiger partial charge on any atom is -0.465 e. The summed E-state index contributed by atoms with van der Waals surface area (Å²) in [6.07, 6.45) is 0.795. The van der Waals surface area contributed by atoms with Gasteiger partial charge in [-0.1, -0.05) is 5.57 Å². The predicted molar refractivity (Wildman–Crippen MR) is 52.9 cm³/mol. The summed E-state index contributed by atoms with van der Waals surface area (Å²) in [4.78, 5) is 0. The highest BCUT2D eigenvalue weighted by atomic mass is 16.3. The van der Waals surface area contributed by atoms with Crippen molar-refractivity contribution in [1.29, 1.82) is 0 Å². The maximum absolute atomic E-state index is 5.45. The average molecular weight is 180 g/mol. The van der Waals surface area contributed by atoms with E-state index in [1.165, 1.54) is 0 Å². The molecule has 1 aromatic heterocycles. The molecule has 0 saturated heterocycles. The second-order valence-electron chi connectivity index (χ2n) is 3.33. The molecule has 0 saturated carbocycles. The molecule has 0 bridgehead atoms. The third-order valence-corrected chi connectivity index (χ3v) is 1.86. The lowest BCUT2D eigenvalue weighted by atomic mass is 10.1. The van der Waals surface area contributed by atoms with Crippen molar-refractivity contribution in [2.24, 2.45) is 5.84 Å². The highest BCUT2D eigenvalue weighted by Crippen LogP contribution is 2.21. The lowest BCUT2D eigenvalue weighted by Crippen LogP contribution is -2.27. The molecule has 13 heavy (non-hydrogen) atoms. The van der Waals surface area contributed by atoms with Gasteiger partial charge in [0.05, 0.1) is 6.04 Å². The minimum atomic E-state index is 0.0335. The number of aryl methyl sites for hydroxylation is 1. The quantitative estimate of drug-likeness (QED) is 0.423. The van der Waals surface area contributed by atoms with Crippen molar-refractivity contribution in [3.8, 4) is 0 Å². The van der Waals surface area contributed by atoms with Gasteiger partial charge in [0.1, 0.15) is 11.5 Å². The van der Waals surface area contributed by atoms with Gasteiger partial charge in [-0.25, -0.2) is 5.43 Å². The molecule has 3 N–H and O–H groups in total. The zero-order chi connectivity index (χ0) is 9.84. The summed E-state index contributed by atoms with van der Waals surface area (Å²) in [6, 6.07) is 3.90. The molecule has 1 rings (SSSR count). The van der Waals surface area contributed by atoms with Gasteiger partial charge in [0.15, 0.2) is 0 Å². The second-order valence-corrected chi connectivity index (χ2v) is 3.33. The number of hydrazine groups is 1.